The zero-order valence-corrected chi connectivity index (χ0v) is 15.2. The topological polar surface area (TPSA) is 34.9 Å². The molecule has 0 saturated heterocycles. The molecule has 0 fully saturated rings. The largest absolute Gasteiger partial charge is 0.317 e. The van der Waals surface area contributed by atoms with E-state index in [1.54, 1.807) is 24.3 Å². The summed E-state index contributed by atoms with van der Waals surface area (Å²) < 4.78 is 1.93. The average molecular weight is 381 g/mol. The molecule has 3 nitrogen and oxygen atoms in total. The first kappa shape index (κ1) is 16.8. The minimum atomic E-state index is -0.139. The molecule has 1 aromatic heterocycles. The molecule has 0 amide bonds. The lowest BCUT2D eigenvalue weighted by molar-refractivity contribution is 0.102. The maximum Gasteiger partial charge on any atom is 0.228 e. The molecule has 0 unspecified atom stereocenters. The average Bonchev–Trinajstić information content (AvgIpc) is 3.00. The number of fused-ring (bicyclic) bond motifs is 1. The van der Waals surface area contributed by atoms with E-state index in [1.165, 1.54) is 0 Å². The zero-order valence-electron chi connectivity index (χ0n) is 13.7. The molecule has 1 heterocycles. The van der Waals surface area contributed by atoms with Crippen LogP contribution in [0.25, 0.3) is 11.0 Å². The van der Waals surface area contributed by atoms with Crippen LogP contribution in [0, 0.1) is 0 Å². The van der Waals surface area contributed by atoms with Gasteiger partial charge in [-0.25, -0.2) is 4.98 Å². The number of imidazole rings is 1. The number of nitrogens with zero attached hydrogens (tertiary/aromatic N) is 2. The van der Waals surface area contributed by atoms with Crippen LogP contribution in [-0.2, 0) is 6.54 Å². The predicted molar refractivity (Wildman–Crippen MR) is 105 cm³/mol. The molecule has 0 atom stereocenters. The Morgan fingerprint density at radius 2 is 1.65 bits per heavy atom. The standard InChI is InChI=1S/C21H14Cl2N2O/c22-16-10-8-15(9-11-16)20(26)21-24-18-6-1-2-7-19(18)25(21)13-14-4-3-5-17(23)12-14/h1-12H,13H2. The first-order valence-electron chi connectivity index (χ1n) is 8.12. The van der Waals surface area contributed by atoms with Gasteiger partial charge in [-0.15, -0.1) is 0 Å². The van der Waals surface area contributed by atoms with Crippen molar-refractivity contribution in [2.24, 2.45) is 0 Å². The van der Waals surface area contributed by atoms with Crippen molar-refractivity contribution in [1.29, 1.82) is 0 Å². The van der Waals surface area contributed by atoms with Gasteiger partial charge in [0.05, 0.1) is 11.0 Å². The van der Waals surface area contributed by atoms with Gasteiger partial charge >= 0.3 is 0 Å². The van der Waals surface area contributed by atoms with Gasteiger partial charge in [0.15, 0.2) is 5.82 Å². The maximum absolute atomic E-state index is 13.1. The van der Waals surface area contributed by atoms with Crippen molar-refractivity contribution in [3.63, 3.8) is 0 Å². The van der Waals surface area contributed by atoms with Crippen LogP contribution in [0.4, 0.5) is 0 Å². The van der Waals surface area contributed by atoms with Crippen LogP contribution in [-0.4, -0.2) is 15.3 Å². The lowest BCUT2D eigenvalue weighted by atomic mass is 10.1. The van der Waals surface area contributed by atoms with Gasteiger partial charge in [0.25, 0.3) is 0 Å². The molecule has 0 aliphatic heterocycles. The number of ketones is 1. The summed E-state index contributed by atoms with van der Waals surface area (Å²) in [4.78, 5) is 17.6. The Bertz CT molecular complexity index is 1100. The van der Waals surface area contributed by atoms with E-state index in [0.29, 0.717) is 28.0 Å². The van der Waals surface area contributed by atoms with E-state index in [-0.39, 0.29) is 5.78 Å². The lowest BCUT2D eigenvalue weighted by Gasteiger charge is -2.09. The fourth-order valence-electron chi connectivity index (χ4n) is 2.96. The number of para-hydroxylation sites is 2. The van der Waals surface area contributed by atoms with E-state index < -0.39 is 0 Å². The summed E-state index contributed by atoms with van der Waals surface area (Å²) in [6, 6.07) is 22.2. The molecule has 0 bridgehead atoms. The number of hydrogen-bond donors (Lipinski definition) is 0. The second-order valence-corrected chi connectivity index (χ2v) is 6.85. The van der Waals surface area contributed by atoms with E-state index >= 15 is 0 Å². The second kappa shape index (κ2) is 6.94. The zero-order chi connectivity index (χ0) is 18.1. The molecule has 4 rings (SSSR count). The van der Waals surface area contributed by atoms with Gasteiger partial charge in [0, 0.05) is 22.2 Å². The molecule has 4 aromatic rings. The summed E-state index contributed by atoms with van der Waals surface area (Å²) >= 11 is 12.0. The Morgan fingerprint density at radius 1 is 0.885 bits per heavy atom. The fourth-order valence-corrected chi connectivity index (χ4v) is 3.30. The minimum absolute atomic E-state index is 0.139. The minimum Gasteiger partial charge on any atom is -0.317 e. The number of benzene rings is 3. The Hall–Kier alpha value is -2.62. The van der Waals surface area contributed by atoms with E-state index in [0.717, 1.165) is 16.6 Å². The highest BCUT2D eigenvalue weighted by molar-refractivity contribution is 6.31. The van der Waals surface area contributed by atoms with Crippen LogP contribution >= 0.6 is 23.2 Å². The van der Waals surface area contributed by atoms with Crippen LogP contribution < -0.4 is 0 Å². The first-order chi connectivity index (χ1) is 12.6. The highest BCUT2D eigenvalue weighted by Crippen LogP contribution is 2.22. The van der Waals surface area contributed by atoms with Crippen molar-refractivity contribution in [3.05, 3.63) is 99.8 Å². The van der Waals surface area contributed by atoms with Crippen molar-refractivity contribution in [3.8, 4) is 0 Å². The van der Waals surface area contributed by atoms with Gasteiger partial charge in [-0.2, -0.15) is 0 Å². The Kier molecular flexibility index (Phi) is 4.49. The monoisotopic (exact) mass is 380 g/mol. The lowest BCUT2D eigenvalue weighted by Crippen LogP contribution is -2.12. The molecular formula is C21H14Cl2N2O. The van der Waals surface area contributed by atoms with Crippen LogP contribution in [0.3, 0.4) is 0 Å². The molecular weight excluding hydrogens is 367 g/mol. The van der Waals surface area contributed by atoms with Crippen LogP contribution in [0.1, 0.15) is 21.7 Å². The van der Waals surface area contributed by atoms with Crippen molar-refractivity contribution in [1.82, 2.24) is 9.55 Å². The summed E-state index contributed by atoms with van der Waals surface area (Å²) in [6.07, 6.45) is 0. The second-order valence-electron chi connectivity index (χ2n) is 5.98. The number of aromatic nitrogens is 2. The number of halogens is 2. The van der Waals surface area contributed by atoms with Crippen LogP contribution in [0.15, 0.2) is 72.8 Å². The van der Waals surface area contributed by atoms with E-state index in [2.05, 4.69) is 4.98 Å². The Balaban J connectivity index is 1.83. The van der Waals surface area contributed by atoms with Gasteiger partial charge in [-0.3, -0.25) is 4.79 Å². The fraction of sp³-hybridized carbons (Fsp3) is 0.0476. The van der Waals surface area contributed by atoms with Crippen LogP contribution in [0.2, 0.25) is 10.0 Å². The molecule has 0 N–H and O–H groups in total. The van der Waals surface area contributed by atoms with Gasteiger partial charge in [0.2, 0.25) is 5.78 Å². The third-order valence-corrected chi connectivity index (χ3v) is 4.68. The molecule has 5 heteroatoms. The van der Waals surface area contributed by atoms with E-state index in [9.17, 15) is 4.79 Å². The molecule has 3 aromatic carbocycles. The number of rotatable bonds is 4. The summed E-state index contributed by atoms with van der Waals surface area (Å²) in [7, 11) is 0. The maximum atomic E-state index is 13.1. The first-order valence-corrected chi connectivity index (χ1v) is 8.87. The van der Waals surface area contributed by atoms with Crippen molar-refractivity contribution in [2.45, 2.75) is 6.54 Å². The summed E-state index contributed by atoms with van der Waals surface area (Å²) in [5, 5.41) is 1.26. The molecule has 0 radical (unpaired) electrons. The van der Waals surface area contributed by atoms with Gasteiger partial charge in [-0.1, -0.05) is 47.5 Å². The summed E-state index contributed by atoms with van der Waals surface area (Å²) in [6.45, 7) is 0.510. The molecule has 128 valence electrons. The summed E-state index contributed by atoms with van der Waals surface area (Å²) in [5.41, 5.74) is 3.25. The quantitative estimate of drug-likeness (QED) is 0.430. The van der Waals surface area contributed by atoms with E-state index in [4.69, 9.17) is 23.2 Å². The molecule has 0 aliphatic rings. The predicted octanol–water partition coefficient (Wildman–Crippen LogP) is 5.62. The van der Waals surface area contributed by atoms with Crippen LogP contribution in [0.5, 0.6) is 0 Å². The summed E-state index contributed by atoms with van der Waals surface area (Å²) in [5.74, 6) is 0.258. The number of hydrogen-bond acceptors (Lipinski definition) is 2. The van der Waals surface area contributed by atoms with Gasteiger partial charge < -0.3 is 4.57 Å². The van der Waals surface area contributed by atoms with Crippen molar-refractivity contribution >= 4 is 40.0 Å². The van der Waals surface area contributed by atoms with Crippen molar-refractivity contribution in [2.75, 3.05) is 0 Å². The molecule has 0 saturated carbocycles. The molecule has 26 heavy (non-hydrogen) atoms. The third-order valence-electron chi connectivity index (χ3n) is 4.19. The SMILES string of the molecule is O=C(c1ccc(Cl)cc1)c1nc2ccccc2n1Cc1cccc(Cl)c1. The van der Waals surface area contributed by atoms with Gasteiger partial charge in [-0.05, 0) is 54.1 Å². The van der Waals surface area contributed by atoms with E-state index in [1.807, 2.05) is 53.1 Å². The van der Waals surface area contributed by atoms with Crippen molar-refractivity contribution < 1.29 is 4.79 Å². The molecule has 0 spiro atoms. The third kappa shape index (κ3) is 3.24. The number of carbonyl (C=O) groups excluding carboxylic acids is 1. The Morgan fingerprint density at radius 3 is 2.42 bits per heavy atom. The normalized spacial score (nSPS) is 11.0. The smallest absolute Gasteiger partial charge is 0.228 e. The Labute approximate surface area is 160 Å². The number of carbonyl (C=O) groups is 1. The highest BCUT2D eigenvalue weighted by Gasteiger charge is 2.19. The highest BCUT2D eigenvalue weighted by atomic mass is 35.5. The molecule has 0 aliphatic carbocycles. The van der Waals surface area contributed by atoms with Gasteiger partial charge in [0.1, 0.15) is 0 Å².